The largest absolute Gasteiger partial charge is 0.373 e. The van der Waals surface area contributed by atoms with Crippen molar-refractivity contribution in [3.8, 4) is 0 Å². The number of nitrogens with one attached hydrogen (secondary N) is 3. The van der Waals surface area contributed by atoms with Crippen LogP contribution in [0.1, 0.15) is 45.3 Å². The van der Waals surface area contributed by atoms with Gasteiger partial charge in [-0.2, -0.15) is 0 Å². The number of para-hydroxylation sites is 2. The molecule has 3 aliphatic rings. The van der Waals surface area contributed by atoms with Crippen LogP contribution in [0.5, 0.6) is 0 Å². The maximum absolute atomic E-state index is 4.18. The van der Waals surface area contributed by atoms with Gasteiger partial charge in [0.25, 0.3) is 0 Å². The molecule has 3 heteroatoms. The molecule has 48 heavy (non-hydrogen) atoms. The van der Waals surface area contributed by atoms with Crippen molar-refractivity contribution in [1.29, 1.82) is 0 Å². The zero-order chi connectivity index (χ0) is 31.9. The maximum Gasteiger partial charge on any atom is 0.102 e. The minimum Gasteiger partial charge on any atom is -0.373 e. The summed E-state index contributed by atoms with van der Waals surface area (Å²) in [6.07, 6.45) is 5.02. The summed E-state index contributed by atoms with van der Waals surface area (Å²) in [4.78, 5) is 0. The van der Waals surface area contributed by atoms with Crippen molar-refractivity contribution < 1.29 is 0 Å². The van der Waals surface area contributed by atoms with Crippen molar-refractivity contribution in [3.05, 3.63) is 221 Å². The van der Waals surface area contributed by atoms with E-state index in [0.29, 0.717) is 0 Å². The van der Waals surface area contributed by atoms with E-state index >= 15 is 0 Å². The van der Waals surface area contributed by atoms with E-state index < -0.39 is 5.41 Å². The molecule has 6 aromatic carbocycles. The molecule has 0 aromatic heterocycles. The van der Waals surface area contributed by atoms with Gasteiger partial charge in [0.2, 0.25) is 0 Å². The van der Waals surface area contributed by atoms with Crippen LogP contribution in [-0.4, -0.2) is 12.2 Å². The lowest BCUT2D eigenvalue weighted by Crippen LogP contribution is -2.52. The van der Waals surface area contributed by atoms with Crippen LogP contribution in [0.25, 0.3) is 5.57 Å². The van der Waals surface area contributed by atoms with E-state index in [0.717, 1.165) is 11.4 Å². The third kappa shape index (κ3) is 4.62. The van der Waals surface area contributed by atoms with Gasteiger partial charge >= 0.3 is 0 Å². The van der Waals surface area contributed by atoms with Crippen LogP contribution in [0.2, 0.25) is 0 Å². The molecular formula is C45H37N3. The van der Waals surface area contributed by atoms with Crippen molar-refractivity contribution >= 4 is 16.9 Å². The monoisotopic (exact) mass is 619 g/mol. The predicted octanol–water partition coefficient (Wildman–Crippen LogP) is 9.70. The highest BCUT2D eigenvalue weighted by atomic mass is 15.2. The highest BCUT2D eigenvalue weighted by Crippen LogP contribution is 2.59. The number of allylic oxidation sites excluding steroid dienone is 2. The minimum absolute atomic E-state index is 0.00281. The molecule has 0 amide bonds. The summed E-state index contributed by atoms with van der Waals surface area (Å²) < 4.78 is 0. The zero-order valence-corrected chi connectivity index (χ0v) is 26.6. The first-order valence-electron chi connectivity index (χ1n) is 16.9. The Morgan fingerprint density at radius 3 is 1.65 bits per heavy atom. The van der Waals surface area contributed by atoms with Gasteiger partial charge in [0.15, 0.2) is 0 Å². The standard InChI is InChI=1S/C45H37N3/c1-5-17-31(18-6-1)36-29-37-35-25-13-14-26-38(35)45(33-21-9-3-10-22-33,34-23-11-4-12-24-34)39(37)30-42(36)48-44-43(32-19-7-2-8-20-32)46-40-27-15-16-28-41(40)47-44/h1-30,36,42-44,46-48H. The van der Waals surface area contributed by atoms with Gasteiger partial charge in [-0.25, -0.2) is 0 Å². The average Bonchev–Trinajstić information content (AvgIpc) is 3.45. The lowest BCUT2D eigenvalue weighted by molar-refractivity contribution is 0.432. The third-order valence-corrected chi connectivity index (χ3v) is 10.4. The van der Waals surface area contributed by atoms with Crippen LogP contribution in [-0.2, 0) is 5.41 Å². The Kier molecular flexibility index (Phi) is 7.06. The Balaban J connectivity index is 1.25. The van der Waals surface area contributed by atoms with E-state index in [1.54, 1.807) is 0 Å². The van der Waals surface area contributed by atoms with Gasteiger partial charge in [-0.3, -0.25) is 5.32 Å². The van der Waals surface area contributed by atoms with Crippen LogP contribution in [0, 0.1) is 0 Å². The number of benzene rings is 6. The first-order chi connectivity index (χ1) is 23.8. The smallest absolute Gasteiger partial charge is 0.102 e. The zero-order valence-electron chi connectivity index (χ0n) is 26.6. The fourth-order valence-electron chi connectivity index (χ4n) is 8.31. The third-order valence-electron chi connectivity index (χ3n) is 10.4. The highest BCUT2D eigenvalue weighted by molar-refractivity contribution is 5.95. The van der Waals surface area contributed by atoms with Gasteiger partial charge in [-0.05, 0) is 56.7 Å². The van der Waals surface area contributed by atoms with Crippen LogP contribution in [0.15, 0.2) is 188 Å². The average molecular weight is 620 g/mol. The topological polar surface area (TPSA) is 36.1 Å². The van der Waals surface area contributed by atoms with E-state index in [9.17, 15) is 0 Å². The van der Waals surface area contributed by atoms with Crippen LogP contribution >= 0.6 is 0 Å². The predicted molar refractivity (Wildman–Crippen MR) is 198 cm³/mol. The molecule has 4 unspecified atom stereocenters. The molecule has 3 nitrogen and oxygen atoms in total. The second-order valence-electron chi connectivity index (χ2n) is 13.0. The van der Waals surface area contributed by atoms with Crippen molar-refractivity contribution in [3.63, 3.8) is 0 Å². The summed E-state index contributed by atoms with van der Waals surface area (Å²) in [5.74, 6) is 0.121. The molecule has 1 aliphatic heterocycles. The molecule has 9 rings (SSSR count). The highest BCUT2D eigenvalue weighted by Gasteiger charge is 2.50. The van der Waals surface area contributed by atoms with Gasteiger partial charge < -0.3 is 10.6 Å². The second kappa shape index (κ2) is 11.9. The molecule has 3 N–H and O–H groups in total. The van der Waals surface area contributed by atoms with Crippen LogP contribution in [0.3, 0.4) is 0 Å². The Hall–Kier alpha value is -5.64. The van der Waals surface area contributed by atoms with Gasteiger partial charge in [0.1, 0.15) is 6.17 Å². The Morgan fingerprint density at radius 2 is 1.00 bits per heavy atom. The van der Waals surface area contributed by atoms with Crippen LogP contribution < -0.4 is 16.0 Å². The summed E-state index contributed by atoms with van der Waals surface area (Å²) in [6, 6.07) is 61.5. The fourth-order valence-corrected chi connectivity index (χ4v) is 8.31. The quantitative estimate of drug-likeness (QED) is 0.174. The molecule has 0 radical (unpaired) electrons. The Labute approximate surface area is 282 Å². The maximum atomic E-state index is 4.18. The lowest BCUT2D eigenvalue weighted by Gasteiger charge is -2.42. The van der Waals surface area contributed by atoms with E-state index in [-0.39, 0.29) is 24.2 Å². The summed E-state index contributed by atoms with van der Waals surface area (Å²) >= 11 is 0. The van der Waals surface area contributed by atoms with Crippen LogP contribution in [0.4, 0.5) is 11.4 Å². The summed E-state index contributed by atoms with van der Waals surface area (Å²) in [6.45, 7) is 0. The Morgan fingerprint density at radius 1 is 0.479 bits per heavy atom. The molecule has 0 fully saturated rings. The fraction of sp³-hybridized carbons (Fsp3) is 0.111. The molecule has 0 saturated heterocycles. The van der Waals surface area contributed by atoms with Crippen molar-refractivity contribution in [1.82, 2.24) is 5.32 Å². The molecular weight excluding hydrogens is 583 g/mol. The first kappa shape index (κ1) is 28.6. The summed E-state index contributed by atoms with van der Waals surface area (Å²) in [7, 11) is 0. The molecule has 232 valence electrons. The second-order valence-corrected chi connectivity index (χ2v) is 13.0. The first-order valence-corrected chi connectivity index (χ1v) is 16.9. The Bertz CT molecular complexity index is 2080. The number of rotatable bonds is 6. The summed E-state index contributed by atoms with van der Waals surface area (Å²) in [5, 5.41) is 12.0. The van der Waals surface area contributed by atoms with E-state index in [1.807, 2.05) is 0 Å². The normalized spacial score (nSPS) is 21.8. The molecule has 1 heterocycles. The minimum atomic E-state index is -0.448. The van der Waals surface area contributed by atoms with Crippen molar-refractivity contribution in [2.75, 3.05) is 10.6 Å². The SMILES string of the molecule is C1=C2C(=CC(NC3Nc4ccccc4NC3c3ccccc3)C1c1ccccc1)C(c1ccccc1)(c1ccccc1)c1ccccc12. The van der Waals surface area contributed by atoms with E-state index in [2.05, 4.69) is 198 Å². The van der Waals surface area contributed by atoms with E-state index in [1.165, 1.54) is 44.5 Å². The van der Waals surface area contributed by atoms with Crippen molar-refractivity contribution in [2.24, 2.45) is 0 Å². The molecule has 0 saturated carbocycles. The van der Waals surface area contributed by atoms with Gasteiger partial charge in [-0.15, -0.1) is 0 Å². The number of anilines is 2. The lowest BCUT2D eigenvalue weighted by atomic mass is 9.65. The molecule has 0 spiro atoms. The molecule has 2 aliphatic carbocycles. The van der Waals surface area contributed by atoms with Crippen molar-refractivity contribution in [2.45, 2.75) is 29.6 Å². The summed E-state index contributed by atoms with van der Waals surface area (Å²) in [5.41, 5.74) is 12.2. The van der Waals surface area contributed by atoms with Gasteiger partial charge in [-0.1, -0.05) is 170 Å². The number of hydrogen-bond donors (Lipinski definition) is 3. The van der Waals surface area contributed by atoms with Gasteiger partial charge in [0, 0.05) is 12.0 Å². The molecule has 0 bridgehead atoms. The van der Waals surface area contributed by atoms with Gasteiger partial charge in [0.05, 0.1) is 22.8 Å². The van der Waals surface area contributed by atoms with E-state index in [4.69, 9.17) is 0 Å². The number of hydrogen-bond acceptors (Lipinski definition) is 3. The number of fused-ring (bicyclic) bond motifs is 4. The molecule has 6 aromatic rings. The molecule has 4 atom stereocenters.